The van der Waals surface area contributed by atoms with Gasteiger partial charge in [0.25, 0.3) is 0 Å². The molecular formula is C14H19ClN4. The van der Waals surface area contributed by atoms with Crippen molar-refractivity contribution >= 4 is 17.4 Å². The van der Waals surface area contributed by atoms with Crippen molar-refractivity contribution < 1.29 is 0 Å². The summed E-state index contributed by atoms with van der Waals surface area (Å²) in [6.07, 6.45) is 3.78. The molecular weight excluding hydrogens is 260 g/mol. The maximum atomic E-state index is 6.22. The van der Waals surface area contributed by atoms with E-state index in [0.717, 1.165) is 23.9 Å². The molecule has 0 aromatic carbocycles. The third kappa shape index (κ3) is 3.26. The summed E-state index contributed by atoms with van der Waals surface area (Å²) in [5.41, 5.74) is 0.861. The molecule has 0 radical (unpaired) electrons. The lowest BCUT2D eigenvalue weighted by Crippen LogP contribution is -2.09. The zero-order valence-corrected chi connectivity index (χ0v) is 12.3. The zero-order chi connectivity index (χ0) is 13.8. The van der Waals surface area contributed by atoms with Crippen molar-refractivity contribution in [2.24, 2.45) is 0 Å². The molecule has 2 rings (SSSR count). The lowest BCUT2D eigenvalue weighted by Gasteiger charge is -2.12. The van der Waals surface area contributed by atoms with Gasteiger partial charge in [-0.1, -0.05) is 25.4 Å². The van der Waals surface area contributed by atoms with Crippen LogP contribution in [0.1, 0.15) is 38.2 Å². The second-order valence-corrected chi connectivity index (χ2v) is 5.13. The average molecular weight is 279 g/mol. The van der Waals surface area contributed by atoms with Crippen LogP contribution in [0.25, 0.3) is 0 Å². The Morgan fingerprint density at radius 2 is 2.16 bits per heavy atom. The third-order valence-electron chi connectivity index (χ3n) is 2.86. The second kappa shape index (κ2) is 6.06. The molecule has 1 N–H and O–H groups in total. The van der Waals surface area contributed by atoms with Crippen molar-refractivity contribution in [2.45, 2.75) is 33.2 Å². The Balaban J connectivity index is 2.27. The largest absolute Gasteiger partial charge is 0.370 e. The molecule has 5 heteroatoms. The summed E-state index contributed by atoms with van der Waals surface area (Å²) in [5, 5.41) is 3.88. The summed E-state index contributed by atoms with van der Waals surface area (Å²) < 4.78 is 2.09. The van der Waals surface area contributed by atoms with E-state index in [4.69, 9.17) is 11.6 Å². The van der Waals surface area contributed by atoms with Crippen LogP contribution in [0.4, 0.5) is 5.82 Å². The van der Waals surface area contributed by atoms with E-state index in [1.165, 1.54) is 0 Å². The van der Waals surface area contributed by atoms with Crippen molar-refractivity contribution in [1.82, 2.24) is 14.5 Å². The highest BCUT2D eigenvalue weighted by Crippen LogP contribution is 2.20. The number of rotatable bonds is 5. The molecule has 2 heterocycles. The highest BCUT2D eigenvalue weighted by molar-refractivity contribution is 6.31. The number of hydrogen-bond donors (Lipinski definition) is 1. The minimum Gasteiger partial charge on any atom is -0.370 e. The van der Waals surface area contributed by atoms with Gasteiger partial charge >= 0.3 is 0 Å². The number of halogens is 1. The summed E-state index contributed by atoms with van der Waals surface area (Å²) in [7, 11) is 0. The standard InChI is InChI=1S/C14H19ClN4/c1-4-16-13-6-5-11(15)12(18-13)9-19-8-7-17-14(19)10(2)3/h5-8,10H,4,9H2,1-3H3,(H,16,18). The molecule has 0 aliphatic carbocycles. The van der Waals surface area contributed by atoms with Gasteiger partial charge in [0, 0.05) is 24.9 Å². The van der Waals surface area contributed by atoms with Gasteiger partial charge in [-0.15, -0.1) is 0 Å². The molecule has 0 unspecified atom stereocenters. The van der Waals surface area contributed by atoms with Gasteiger partial charge in [-0.3, -0.25) is 0 Å². The van der Waals surface area contributed by atoms with Crippen LogP contribution in [-0.2, 0) is 6.54 Å². The fourth-order valence-electron chi connectivity index (χ4n) is 1.99. The van der Waals surface area contributed by atoms with E-state index in [1.54, 1.807) is 0 Å². The Morgan fingerprint density at radius 3 is 2.84 bits per heavy atom. The highest BCUT2D eigenvalue weighted by Gasteiger charge is 2.10. The van der Waals surface area contributed by atoms with E-state index in [9.17, 15) is 0 Å². The molecule has 0 bridgehead atoms. The van der Waals surface area contributed by atoms with Crippen molar-refractivity contribution in [3.05, 3.63) is 41.1 Å². The van der Waals surface area contributed by atoms with Gasteiger partial charge in [-0.2, -0.15) is 0 Å². The zero-order valence-electron chi connectivity index (χ0n) is 11.5. The van der Waals surface area contributed by atoms with Crippen LogP contribution in [0.3, 0.4) is 0 Å². The van der Waals surface area contributed by atoms with Gasteiger partial charge in [0.2, 0.25) is 0 Å². The van der Waals surface area contributed by atoms with Gasteiger partial charge in [0.15, 0.2) is 0 Å². The predicted molar refractivity (Wildman–Crippen MR) is 78.8 cm³/mol. The molecule has 0 aliphatic rings. The molecule has 102 valence electrons. The van der Waals surface area contributed by atoms with Crippen LogP contribution in [0, 0.1) is 0 Å². The molecule has 0 saturated carbocycles. The average Bonchev–Trinajstić information content (AvgIpc) is 2.82. The Hall–Kier alpha value is -1.55. The van der Waals surface area contributed by atoms with Crippen LogP contribution in [0.2, 0.25) is 5.02 Å². The fourth-order valence-corrected chi connectivity index (χ4v) is 2.16. The van der Waals surface area contributed by atoms with Gasteiger partial charge in [-0.05, 0) is 19.1 Å². The number of pyridine rings is 1. The van der Waals surface area contributed by atoms with Crippen molar-refractivity contribution in [3.8, 4) is 0 Å². The van der Waals surface area contributed by atoms with E-state index in [-0.39, 0.29) is 0 Å². The van der Waals surface area contributed by atoms with Crippen molar-refractivity contribution in [2.75, 3.05) is 11.9 Å². The van der Waals surface area contributed by atoms with Crippen molar-refractivity contribution in [1.29, 1.82) is 0 Å². The van der Waals surface area contributed by atoms with Crippen LogP contribution < -0.4 is 5.32 Å². The molecule has 0 saturated heterocycles. The monoisotopic (exact) mass is 278 g/mol. The summed E-state index contributed by atoms with van der Waals surface area (Å²) in [4.78, 5) is 8.92. The molecule has 19 heavy (non-hydrogen) atoms. The number of aromatic nitrogens is 3. The number of anilines is 1. The SMILES string of the molecule is CCNc1ccc(Cl)c(Cn2ccnc2C(C)C)n1. The first kappa shape index (κ1) is 13.9. The number of nitrogens with zero attached hydrogens (tertiary/aromatic N) is 3. The summed E-state index contributed by atoms with van der Waals surface area (Å²) in [5.74, 6) is 2.28. The fraction of sp³-hybridized carbons (Fsp3) is 0.429. The minimum atomic E-state index is 0.380. The topological polar surface area (TPSA) is 42.7 Å². The summed E-state index contributed by atoms with van der Waals surface area (Å²) in [6.45, 7) is 7.79. The van der Waals surface area contributed by atoms with Crippen molar-refractivity contribution in [3.63, 3.8) is 0 Å². The lowest BCUT2D eigenvalue weighted by atomic mass is 10.2. The van der Waals surface area contributed by atoms with E-state index in [1.807, 2.05) is 31.5 Å². The summed E-state index contributed by atoms with van der Waals surface area (Å²) in [6, 6.07) is 3.78. The second-order valence-electron chi connectivity index (χ2n) is 4.72. The summed E-state index contributed by atoms with van der Waals surface area (Å²) >= 11 is 6.22. The number of imidazole rings is 1. The van der Waals surface area contributed by atoms with E-state index in [2.05, 4.69) is 33.7 Å². The van der Waals surface area contributed by atoms with Crippen LogP contribution in [0.5, 0.6) is 0 Å². The van der Waals surface area contributed by atoms with Crippen LogP contribution in [-0.4, -0.2) is 21.1 Å². The predicted octanol–water partition coefficient (Wildman–Crippen LogP) is 3.54. The Morgan fingerprint density at radius 1 is 1.37 bits per heavy atom. The Kier molecular flexibility index (Phi) is 4.43. The molecule has 0 atom stereocenters. The highest BCUT2D eigenvalue weighted by atomic mass is 35.5. The normalized spacial score (nSPS) is 11.0. The van der Waals surface area contributed by atoms with Crippen LogP contribution >= 0.6 is 11.6 Å². The van der Waals surface area contributed by atoms with Gasteiger partial charge in [0.05, 0.1) is 17.3 Å². The third-order valence-corrected chi connectivity index (χ3v) is 3.20. The molecule has 0 amide bonds. The Bertz CT molecular complexity index is 548. The quantitative estimate of drug-likeness (QED) is 0.910. The van der Waals surface area contributed by atoms with E-state index >= 15 is 0 Å². The van der Waals surface area contributed by atoms with Gasteiger partial charge < -0.3 is 9.88 Å². The number of hydrogen-bond acceptors (Lipinski definition) is 3. The van der Waals surface area contributed by atoms with E-state index < -0.39 is 0 Å². The lowest BCUT2D eigenvalue weighted by molar-refractivity contribution is 0.661. The maximum absolute atomic E-state index is 6.22. The first-order valence-corrected chi connectivity index (χ1v) is 6.90. The molecule has 2 aromatic rings. The number of nitrogens with one attached hydrogen (secondary N) is 1. The van der Waals surface area contributed by atoms with E-state index in [0.29, 0.717) is 17.5 Å². The first-order chi connectivity index (χ1) is 9.11. The molecule has 4 nitrogen and oxygen atoms in total. The minimum absolute atomic E-state index is 0.380. The molecule has 2 aromatic heterocycles. The Labute approximate surface area is 118 Å². The molecule has 0 spiro atoms. The first-order valence-electron chi connectivity index (χ1n) is 6.52. The smallest absolute Gasteiger partial charge is 0.126 e. The van der Waals surface area contributed by atoms with Gasteiger partial charge in [-0.25, -0.2) is 9.97 Å². The molecule has 0 fully saturated rings. The molecule has 0 aliphatic heterocycles. The maximum Gasteiger partial charge on any atom is 0.126 e. The van der Waals surface area contributed by atoms with Crippen LogP contribution in [0.15, 0.2) is 24.5 Å². The van der Waals surface area contributed by atoms with Gasteiger partial charge in [0.1, 0.15) is 11.6 Å².